The average Bonchev–Trinajstić information content (AvgIpc) is 3.12. The highest BCUT2D eigenvalue weighted by Gasteiger charge is 2.57. The molecule has 6 fully saturated rings. The summed E-state index contributed by atoms with van der Waals surface area (Å²) in [5, 5.41) is 10.2. The van der Waals surface area contributed by atoms with Crippen LogP contribution < -0.4 is 0 Å². The highest BCUT2D eigenvalue weighted by atomic mass is 16.5. The summed E-state index contributed by atoms with van der Waals surface area (Å²) >= 11 is 0. The van der Waals surface area contributed by atoms with E-state index in [-0.39, 0.29) is 36.8 Å². The van der Waals surface area contributed by atoms with Gasteiger partial charge in [0.1, 0.15) is 6.04 Å². The quantitative estimate of drug-likeness (QED) is 0.668. The number of rotatable bonds is 4. The number of nitrogens with zero attached hydrogens (tertiary/aromatic N) is 2. The molecule has 0 aromatic heterocycles. The van der Waals surface area contributed by atoms with Crippen molar-refractivity contribution in [2.24, 2.45) is 23.2 Å². The van der Waals surface area contributed by atoms with Crippen molar-refractivity contribution in [1.82, 2.24) is 9.80 Å². The minimum atomic E-state index is -0.794. The van der Waals surface area contributed by atoms with Crippen molar-refractivity contribution in [1.29, 1.82) is 0 Å². The number of hydrogen-bond acceptors (Lipinski definition) is 6. The molecule has 8 heteroatoms. The Kier molecular flexibility index (Phi) is 5.25. The SMILES string of the molecule is O=C(OCC(=O)N1CCOCC1)[C@@H]1CC(O)CN1C(=O)C12CC3CC(CC(C3)C1)C2. The van der Waals surface area contributed by atoms with E-state index in [0.717, 1.165) is 19.3 Å². The zero-order valence-electron chi connectivity index (χ0n) is 17.5. The zero-order valence-corrected chi connectivity index (χ0v) is 17.5. The van der Waals surface area contributed by atoms with E-state index < -0.39 is 18.1 Å². The number of esters is 1. The zero-order chi connectivity index (χ0) is 20.9. The molecule has 30 heavy (non-hydrogen) atoms. The van der Waals surface area contributed by atoms with Crippen molar-refractivity contribution < 1.29 is 29.0 Å². The molecule has 0 aromatic rings. The number of carbonyl (C=O) groups excluding carboxylic acids is 3. The standard InChI is InChI=1S/C22H32N2O6/c25-17-8-18(20(27)30-13-19(26)23-1-3-29-4-2-23)24(12-17)21(28)22-9-14-5-15(10-22)7-16(6-14)11-22/h14-18,25H,1-13H2/t14?,15?,16?,17?,18-,22?/m0/s1. The lowest BCUT2D eigenvalue weighted by Gasteiger charge is -2.56. The lowest BCUT2D eigenvalue weighted by Crippen LogP contribution is -2.56. The van der Waals surface area contributed by atoms with Crippen molar-refractivity contribution in [2.45, 2.75) is 57.1 Å². The predicted octanol–water partition coefficient (Wildman–Crippen LogP) is 0.567. The minimum absolute atomic E-state index is 0.0274. The van der Waals surface area contributed by atoms with Crippen LogP contribution in [-0.2, 0) is 23.9 Å². The predicted molar refractivity (Wildman–Crippen MR) is 105 cm³/mol. The van der Waals surface area contributed by atoms with E-state index in [1.807, 2.05) is 0 Å². The van der Waals surface area contributed by atoms with Gasteiger partial charge in [0.25, 0.3) is 5.91 Å². The van der Waals surface area contributed by atoms with Gasteiger partial charge in [0.15, 0.2) is 6.61 Å². The summed E-state index contributed by atoms with van der Waals surface area (Å²) in [6.45, 7) is 1.82. The summed E-state index contributed by atoms with van der Waals surface area (Å²) in [5.74, 6) is 1.09. The largest absolute Gasteiger partial charge is 0.454 e. The number of likely N-dealkylation sites (tertiary alicyclic amines) is 1. The lowest BCUT2D eigenvalue weighted by molar-refractivity contribution is -0.167. The van der Waals surface area contributed by atoms with E-state index in [4.69, 9.17) is 9.47 Å². The fraction of sp³-hybridized carbons (Fsp3) is 0.864. The van der Waals surface area contributed by atoms with E-state index in [0.29, 0.717) is 44.1 Å². The normalized spacial score (nSPS) is 40.0. The van der Waals surface area contributed by atoms with E-state index in [9.17, 15) is 19.5 Å². The number of ether oxygens (including phenoxy) is 2. The number of morpholine rings is 1. The Bertz CT molecular complexity index is 683. The molecule has 4 aliphatic carbocycles. The van der Waals surface area contributed by atoms with Gasteiger partial charge in [0.05, 0.1) is 24.7 Å². The summed E-state index contributed by atoms with van der Waals surface area (Å²) in [4.78, 5) is 41.9. The van der Waals surface area contributed by atoms with Crippen LogP contribution in [-0.4, -0.2) is 84.3 Å². The molecule has 2 aliphatic heterocycles. The van der Waals surface area contributed by atoms with Gasteiger partial charge in [0, 0.05) is 26.1 Å². The van der Waals surface area contributed by atoms with Gasteiger partial charge in [-0.1, -0.05) is 0 Å². The molecule has 2 saturated heterocycles. The number of hydrogen-bond donors (Lipinski definition) is 1. The third kappa shape index (κ3) is 3.62. The molecular weight excluding hydrogens is 388 g/mol. The first kappa shape index (κ1) is 20.2. The third-order valence-corrected chi connectivity index (χ3v) is 8.01. The second kappa shape index (κ2) is 7.79. The highest BCUT2D eigenvalue weighted by Crippen LogP contribution is 2.60. The molecule has 2 amide bonds. The molecule has 1 unspecified atom stereocenters. The Morgan fingerprint density at radius 2 is 1.57 bits per heavy atom. The molecular formula is C22H32N2O6. The summed E-state index contributed by atoms with van der Waals surface area (Å²) in [6.07, 6.45) is 5.93. The monoisotopic (exact) mass is 420 g/mol. The smallest absolute Gasteiger partial charge is 0.329 e. The molecule has 0 spiro atoms. The van der Waals surface area contributed by atoms with E-state index >= 15 is 0 Å². The molecule has 4 bridgehead atoms. The Labute approximate surface area is 176 Å². The molecule has 0 aromatic carbocycles. The molecule has 2 atom stereocenters. The van der Waals surface area contributed by atoms with Crippen LogP contribution in [0.15, 0.2) is 0 Å². The van der Waals surface area contributed by atoms with Gasteiger partial charge in [-0.15, -0.1) is 0 Å². The number of β-amino-alcohol motifs (C(OH)–C–C–N with tert-alkyl or cyclic N) is 1. The second-order valence-corrected chi connectivity index (χ2v) is 10.2. The Balaban J connectivity index is 1.24. The van der Waals surface area contributed by atoms with E-state index in [1.165, 1.54) is 19.3 Å². The van der Waals surface area contributed by atoms with Crippen LogP contribution >= 0.6 is 0 Å². The van der Waals surface area contributed by atoms with Crippen LogP contribution in [0, 0.1) is 23.2 Å². The van der Waals surface area contributed by atoms with Gasteiger partial charge in [0.2, 0.25) is 5.91 Å². The van der Waals surface area contributed by atoms with E-state index in [2.05, 4.69) is 0 Å². The maximum Gasteiger partial charge on any atom is 0.329 e. The summed E-state index contributed by atoms with van der Waals surface area (Å²) in [7, 11) is 0. The second-order valence-electron chi connectivity index (χ2n) is 10.2. The van der Waals surface area contributed by atoms with Crippen LogP contribution in [0.4, 0.5) is 0 Å². The average molecular weight is 421 g/mol. The van der Waals surface area contributed by atoms with E-state index in [1.54, 1.807) is 9.80 Å². The topological polar surface area (TPSA) is 96.4 Å². The number of aliphatic hydroxyl groups is 1. The molecule has 6 rings (SSSR count). The lowest BCUT2D eigenvalue weighted by atomic mass is 9.49. The molecule has 0 radical (unpaired) electrons. The van der Waals surface area contributed by atoms with Crippen LogP contribution in [0.25, 0.3) is 0 Å². The number of amides is 2. The summed E-state index contributed by atoms with van der Waals surface area (Å²) in [5.41, 5.74) is -0.360. The first-order valence-corrected chi connectivity index (χ1v) is 11.4. The highest BCUT2D eigenvalue weighted by molar-refractivity contribution is 5.90. The molecule has 2 heterocycles. The van der Waals surface area contributed by atoms with Crippen LogP contribution in [0.1, 0.15) is 44.9 Å². The summed E-state index contributed by atoms with van der Waals surface area (Å²) in [6, 6.07) is -0.794. The van der Waals surface area contributed by atoms with Crippen molar-refractivity contribution in [3.05, 3.63) is 0 Å². The molecule has 8 nitrogen and oxygen atoms in total. The number of carbonyl (C=O) groups is 3. The number of aliphatic hydroxyl groups excluding tert-OH is 1. The van der Waals surface area contributed by atoms with Gasteiger partial charge in [-0.2, -0.15) is 0 Å². The maximum absolute atomic E-state index is 13.7. The Hall–Kier alpha value is -1.67. The van der Waals surface area contributed by atoms with Gasteiger partial charge < -0.3 is 24.4 Å². The first-order valence-electron chi connectivity index (χ1n) is 11.4. The fourth-order valence-corrected chi connectivity index (χ4v) is 7.07. The molecule has 166 valence electrons. The van der Waals surface area contributed by atoms with Crippen LogP contribution in [0.2, 0.25) is 0 Å². The molecule has 1 N–H and O–H groups in total. The van der Waals surface area contributed by atoms with Gasteiger partial charge >= 0.3 is 5.97 Å². The van der Waals surface area contributed by atoms with Gasteiger partial charge in [-0.25, -0.2) is 4.79 Å². The Morgan fingerprint density at radius 3 is 2.17 bits per heavy atom. The Morgan fingerprint density at radius 1 is 0.967 bits per heavy atom. The van der Waals surface area contributed by atoms with Crippen LogP contribution in [0.5, 0.6) is 0 Å². The summed E-state index contributed by atoms with van der Waals surface area (Å²) < 4.78 is 10.5. The van der Waals surface area contributed by atoms with Crippen molar-refractivity contribution in [3.8, 4) is 0 Å². The van der Waals surface area contributed by atoms with Gasteiger partial charge in [-0.05, 0) is 56.3 Å². The molecule has 4 saturated carbocycles. The first-order chi connectivity index (χ1) is 14.4. The minimum Gasteiger partial charge on any atom is -0.454 e. The molecule has 6 aliphatic rings. The fourth-order valence-electron chi connectivity index (χ4n) is 7.07. The van der Waals surface area contributed by atoms with Gasteiger partial charge in [-0.3, -0.25) is 9.59 Å². The van der Waals surface area contributed by atoms with Crippen molar-refractivity contribution in [2.75, 3.05) is 39.5 Å². The van der Waals surface area contributed by atoms with Crippen molar-refractivity contribution >= 4 is 17.8 Å². The third-order valence-electron chi connectivity index (χ3n) is 8.01. The maximum atomic E-state index is 13.7. The van der Waals surface area contributed by atoms with Crippen LogP contribution in [0.3, 0.4) is 0 Å². The van der Waals surface area contributed by atoms with Crippen molar-refractivity contribution in [3.63, 3.8) is 0 Å².